The molecule has 4 aliphatic rings. The molecule has 4 N–H and O–H groups in total. The van der Waals surface area contributed by atoms with Gasteiger partial charge in [-0.15, -0.1) is 11.6 Å². The molecule has 0 aliphatic heterocycles. The minimum absolute atomic E-state index is 0.0567. The summed E-state index contributed by atoms with van der Waals surface area (Å²) in [5.74, 6) is -1.86. The quantitative estimate of drug-likeness (QED) is 0.440. The second kappa shape index (κ2) is 9.16. The zero-order valence-electron chi connectivity index (χ0n) is 20.4. The highest BCUT2D eigenvalue weighted by Gasteiger charge is 2.74. The van der Waals surface area contributed by atoms with Crippen LogP contribution in [0.3, 0.4) is 0 Å². The number of alkyl halides is 1. The molecule has 8 heteroatoms. The second-order valence-electron chi connectivity index (χ2n) is 10.9. The Morgan fingerprint density at radius 2 is 1.88 bits per heavy atom. The summed E-state index contributed by atoms with van der Waals surface area (Å²) in [6, 6.07) is 0. The molecule has 4 aliphatic carbocycles. The van der Waals surface area contributed by atoms with E-state index in [-0.39, 0.29) is 30.0 Å². The van der Waals surface area contributed by atoms with Gasteiger partial charge >= 0.3 is 5.97 Å². The average molecular weight is 497 g/mol. The number of hydrogen-bond acceptors (Lipinski definition) is 6. The first-order valence-corrected chi connectivity index (χ1v) is 12.5. The monoisotopic (exact) mass is 496 g/mol. The lowest BCUT2D eigenvalue weighted by atomic mass is 9.45. The predicted octanol–water partition coefficient (Wildman–Crippen LogP) is 3.04. The third-order valence-corrected chi connectivity index (χ3v) is 10.2. The van der Waals surface area contributed by atoms with Crippen LogP contribution in [0.1, 0.15) is 66.2 Å². The Bertz CT molecular complexity index is 928. The lowest BCUT2D eigenvalue weighted by Crippen LogP contribution is -2.69. The molecule has 0 heterocycles. The summed E-state index contributed by atoms with van der Waals surface area (Å²) in [6.07, 6.45) is 7.25. The first-order chi connectivity index (χ1) is 15.7. The summed E-state index contributed by atoms with van der Waals surface area (Å²) in [5, 5.41) is 40.2. The maximum Gasteiger partial charge on any atom is 0.303 e. The van der Waals surface area contributed by atoms with E-state index in [1.807, 2.05) is 33.8 Å². The number of rotatable bonds is 4. The van der Waals surface area contributed by atoms with Crippen LogP contribution >= 0.6 is 11.6 Å². The molecule has 8 atom stereocenters. The van der Waals surface area contributed by atoms with Crippen molar-refractivity contribution in [2.45, 2.75) is 82.8 Å². The van der Waals surface area contributed by atoms with Crippen LogP contribution in [0.25, 0.3) is 0 Å². The lowest BCUT2D eigenvalue weighted by molar-refractivity contribution is -0.179. The number of fused-ring (bicyclic) bond motifs is 5. The number of carboxylic acid groups (broad SMARTS) is 1. The molecule has 0 radical (unpaired) electrons. The number of hydrogen-bond donors (Lipinski definition) is 4. The first kappa shape index (κ1) is 27.1. The van der Waals surface area contributed by atoms with Gasteiger partial charge in [0.05, 0.1) is 11.0 Å². The smallest absolute Gasteiger partial charge is 0.303 e. The van der Waals surface area contributed by atoms with E-state index in [9.17, 15) is 29.7 Å². The molecule has 0 aromatic rings. The number of aliphatic hydroxyl groups is 3. The third kappa shape index (κ3) is 3.62. The summed E-state index contributed by atoms with van der Waals surface area (Å²) < 4.78 is 0. The molecule has 0 unspecified atom stereocenters. The highest BCUT2D eigenvalue weighted by atomic mass is 35.5. The largest absolute Gasteiger partial charge is 0.481 e. The molecule has 0 amide bonds. The Labute approximate surface area is 205 Å². The van der Waals surface area contributed by atoms with Crippen molar-refractivity contribution in [3.8, 4) is 0 Å². The van der Waals surface area contributed by atoms with Gasteiger partial charge in [0, 0.05) is 17.3 Å². The molecule has 3 fully saturated rings. The molecule has 4 rings (SSSR count). The van der Waals surface area contributed by atoms with Gasteiger partial charge in [0.1, 0.15) is 12.2 Å². The number of aliphatic carboxylic acids is 1. The van der Waals surface area contributed by atoms with Gasteiger partial charge in [0.15, 0.2) is 11.6 Å². The van der Waals surface area contributed by atoms with E-state index in [4.69, 9.17) is 16.7 Å². The minimum Gasteiger partial charge on any atom is -0.481 e. The lowest BCUT2D eigenvalue weighted by Gasteiger charge is -2.63. The first-order valence-electron chi connectivity index (χ1n) is 12.1. The number of aliphatic hydroxyl groups excluding tert-OH is 2. The second-order valence-corrected chi connectivity index (χ2v) is 11.5. The number of halogens is 1. The Morgan fingerprint density at radius 3 is 2.41 bits per heavy atom. The van der Waals surface area contributed by atoms with E-state index in [0.717, 1.165) is 12.0 Å². The summed E-state index contributed by atoms with van der Waals surface area (Å²) in [6.45, 7) is 6.81. The van der Waals surface area contributed by atoms with Crippen LogP contribution in [0.15, 0.2) is 23.8 Å². The highest BCUT2D eigenvalue weighted by molar-refractivity contribution is 6.26. The molecule has 190 valence electrons. The SMILES string of the molecule is CCCC(=O)O.C[C@H]1C[C@H]2[C@@H]3CCC4=CC(=O)C=C[C@]4(C)[C@@]3(Cl)[C@@H](O)C[C@]2(C)[C@@]1(O)C(=O)CO. The summed E-state index contributed by atoms with van der Waals surface area (Å²) in [4.78, 5) is 33.1. The van der Waals surface area contributed by atoms with Crippen LogP contribution in [-0.2, 0) is 14.4 Å². The summed E-state index contributed by atoms with van der Waals surface area (Å²) in [5.41, 5.74) is -2.25. The molecule has 0 bridgehead atoms. The number of allylic oxidation sites excluding steroid dienone is 4. The summed E-state index contributed by atoms with van der Waals surface area (Å²) in [7, 11) is 0. The molecular formula is C26H37ClO7. The van der Waals surface area contributed by atoms with Gasteiger partial charge in [-0.05, 0) is 62.0 Å². The van der Waals surface area contributed by atoms with Crippen molar-refractivity contribution in [2.24, 2.45) is 28.6 Å². The molecule has 34 heavy (non-hydrogen) atoms. The number of carbonyl (C=O) groups is 3. The maximum atomic E-state index is 12.6. The number of carbonyl (C=O) groups excluding carboxylic acids is 2. The fourth-order valence-electron chi connectivity index (χ4n) is 7.47. The fraction of sp³-hybridized carbons (Fsp3) is 0.731. The van der Waals surface area contributed by atoms with Crippen molar-refractivity contribution in [3.63, 3.8) is 0 Å². The van der Waals surface area contributed by atoms with Gasteiger partial charge in [0.2, 0.25) is 0 Å². The van der Waals surface area contributed by atoms with E-state index >= 15 is 0 Å². The standard InChI is InChI=1S/C22H29ClO5.C4H8O2/c1-12-8-16-15-5-4-13-9-14(25)6-7-19(13,2)21(15,23)17(26)10-20(16,3)22(12,28)18(27)11-24;1-2-3-4(5)6/h6-7,9,12,15-17,24,26,28H,4-5,8,10-11H2,1-3H3;2-3H2,1H3,(H,5,6)/t12-,15-,16-,17-,19-,20-,21-,22-;/m0./s1. The Hall–Kier alpha value is -1.54. The van der Waals surface area contributed by atoms with Crippen LogP contribution in [0.5, 0.6) is 0 Å². The van der Waals surface area contributed by atoms with Gasteiger partial charge in [0.25, 0.3) is 0 Å². The zero-order valence-corrected chi connectivity index (χ0v) is 21.1. The fourth-order valence-corrected chi connectivity index (χ4v) is 8.00. The zero-order chi connectivity index (χ0) is 25.7. The molecule has 0 aromatic heterocycles. The van der Waals surface area contributed by atoms with Crippen LogP contribution in [0, 0.1) is 28.6 Å². The Kier molecular flexibility index (Phi) is 7.29. The van der Waals surface area contributed by atoms with Crippen LogP contribution < -0.4 is 0 Å². The van der Waals surface area contributed by atoms with Crippen molar-refractivity contribution in [2.75, 3.05) is 6.61 Å². The molecular weight excluding hydrogens is 460 g/mol. The van der Waals surface area contributed by atoms with Crippen LogP contribution in [0.2, 0.25) is 0 Å². The topological polar surface area (TPSA) is 132 Å². The van der Waals surface area contributed by atoms with Gasteiger partial charge in [-0.25, -0.2) is 0 Å². The minimum atomic E-state index is -1.68. The van der Waals surface area contributed by atoms with Crippen molar-refractivity contribution in [3.05, 3.63) is 23.8 Å². The molecule has 0 spiro atoms. The molecule has 0 saturated heterocycles. The predicted molar refractivity (Wildman–Crippen MR) is 127 cm³/mol. The van der Waals surface area contributed by atoms with Crippen LogP contribution in [0.4, 0.5) is 0 Å². The van der Waals surface area contributed by atoms with E-state index < -0.39 is 45.8 Å². The van der Waals surface area contributed by atoms with E-state index in [2.05, 4.69) is 0 Å². The van der Waals surface area contributed by atoms with Crippen LogP contribution in [-0.4, -0.2) is 61.1 Å². The summed E-state index contributed by atoms with van der Waals surface area (Å²) >= 11 is 7.30. The number of carboxylic acids is 1. The Balaban J connectivity index is 0.000000481. The van der Waals surface area contributed by atoms with E-state index in [0.29, 0.717) is 25.7 Å². The van der Waals surface area contributed by atoms with Crippen molar-refractivity contribution < 1.29 is 34.8 Å². The van der Waals surface area contributed by atoms with Crippen molar-refractivity contribution in [1.29, 1.82) is 0 Å². The maximum absolute atomic E-state index is 12.6. The van der Waals surface area contributed by atoms with Gasteiger partial charge in [-0.2, -0.15) is 0 Å². The third-order valence-electron chi connectivity index (χ3n) is 9.26. The molecule has 3 saturated carbocycles. The van der Waals surface area contributed by atoms with E-state index in [1.54, 1.807) is 6.08 Å². The molecule has 7 nitrogen and oxygen atoms in total. The Morgan fingerprint density at radius 1 is 1.24 bits per heavy atom. The van der Waals surface area contributed by atoms with E-state index in [1.165, 1.54) is 6.08 Å². The number of ketones is 2. The average Bonchev–Trinajstić information content (AvgIpc) is 2.96. The normalized spacial score (nSPS) is 44.7. The van der Waals surface area contributed by atoms with Gasteiger partial charge in [-0.3, -0.25) is 14.4 Å². The molecule has 0 aromatic carbocycles. The highest BCUT2D eigenvalue weighted by Crippen LogP contribution is 2.71. The van der Waals surface area contributed by atoms with Gasteiger partial charge in [-0.1, -0.05) is 39.3 Å². The van der Waals surface area contributed by atoms with Crippen molar-refractivity contribution >= 4 is 29.1 Å². The number of Topliss-reactive ketones (excluding diaryl/α,β-unsaturated/α-hetero) is 1. The van der Waals surface area contributed by atoms with Gasteiger partial charge < -0.3 is 20.4 Å². The van der Waals surface area contributed by atoms with Crippen molar-refractivity contribution in [1.82, 2.24) is 0 Å².